The van der Waals surface area contributed by atoms with Crippen molar-refractivity contribution < 1.29 is 13.6 Å². The summed E-state index contributed by atoms with van der Waals surface area (Å²) in [6, 6.07) is 17.4. The van der Waals surface area contributed by atoms with E-state index >= 15 is 0 Å². The van der Waals surface area contributed by atoms with Crippen molar-refractivity contribution in [2.75, 3.05) is 0 Å². The van der Waals surface area contributed by atoms with Crippen LogP contribution in [0.4, 0.5) is 8.78 Å². The van der Waals surface area contributed by atoms with E-state index in [9.17, 15) is 13.6 Å². The highest BCUT2D eigenvalue weighted by atomic mass is 19.1. The first-order valence-corrected chi connectivity index (χ1v) is 10.7. The first-order chi connectivity index (χ1) is 15.6. The van der Waals surface area contributed by atoms with Crippen LogP contribution in [0.5, 0.6) is 0 Å². The third-order valence-electron chi connectivity index (χ3n) is 6.02. The summed E-state index contributed by atoms with van der Waals surface area (Å²) in [5.41, 5.74) is 3.93. The van der Waals surface area contributed by atoms with Crippen LogP contribution in [0, 0.1) is 17.6 Å². The van der Waals surface area contributed by atoms with E-state index in [0.717, 1.165) is 41.7 Å². The Morgan fingerprint density at radius 2 is 1.69 bits per heavy atom. The molecular formula is C26H21F2N3O. The Bertz CT molecular complexity index is 1190. The molecule has 1 saturated carbocycles. The fourth-order valence-corrected chi connectivity index (χ4v) is 4.53. The second kappa shape index (κ2) is 8.46. The predicted octanol–water partition coefficient (Wildman–Crippen LogP) is 5.80. The number of nitrogens with zero attached hydrogens (tertiary/aromatic N) is 3. The van der Waals surface area contributed by atoms with Gasteiger partial charge in [0.1, 0.15) is 17.3 Å². The largest absolute Gasteiger partial charge is 0.293 e. The summed E-state index contributed by atoms with van der Waals surface area (Å²) in [5.74, 6) is -0.900. The first-order valence-electron chi connectivity index (χ1n) is 10.7. The molecule has 3 aromatic rings. The summed E-state index contributed by atoms with van der Waals surface area (Å²) in [7, 11) is 0. The maximum absolute atomic E-state index is 13.6. The van der Waals surface area contributed by atoms with Gasteiger partial charge >= 0.3 is 0 Å². The Morgan fingerprint density at radius 1 is 0.969 bits per heavy atom. The molecule has 1 fully saturated rings. The van der Waals surface area contributed by atoms with Crippen LogP contribution < -0.4 is 0 Å². The highest BCUT2D eigenvalue weighted by Gasteiger charge is 2.44. The summed E-state index contributed by atoms with van der Waals surface area (Å²) in [4.78, 5) is 17.6. The molecule has 0 spiro atoms. The Balaban J connectivity index is 1.57. The van der Waals surface area contributed by atoms with Crippen molar-refractivity contribution in [3.8, 4) is 0 Å². The number of halogens is 2. The number of pyridine rings is 1. The number of benzene rings is 2. The van der Waals surface area contributed by atoms with Crippen LogP contribution in [-0.2, 0) is 0 Å². The molecule has 1 aliphatic carbocycles. The van der Waals surface area contributed by atoms with E-state index in [2.05, 4.69) is 4.98 Å². The minimum Gasteiger partial charge on any atom is -0.265 e. The number of aromatic nitrogens is 1. The normalized spacial score (nSPS) is 21.4. The highest BCUT2D eigenvalue weighted by molar-refractivity contribution is 6.09. The number of carbonyl (C=O) groups excluding carboxylic acids is 1. The van der Waals surface area contributed by atoms with Crippen molar-refractivity contribution in [2.45, 2.75) is 25.3 Å². The van der Waals surface area contributed by atoms with Gasteiger partial charge in [-0.05, 0) is 78.4 Å². The fourth-order valence-electron chi connectivity index (χ4n) is 4.53. The molecule has 32 heavy (non-hydrogen) atoms. The summed E-state index contributed by atoms with van der Waals surface area (Å²) in [6.45, 7) is 0. The lowest BCUT2D eigenvalue weighted by Crippen LogP contribution is -2.32. The van der Waals surface area contributed by atoms with Gasteiger partial charge in [0.15, 0.2) is 0 Å². The lowest BCUT2D eigenvalue weighted by Gasteiger charge is -2.29. The lowest BCUT2D eigenvalue weighted by atomic mass is 9.77. The van der Waals surface area contributed by atoms with E-state index in [1.54, 1.807) is 48.7 Å². The second-order valence-corrected chi connectivity index (χ2v) is 8.07. The molecule has 0 N–H and O–H groups in total. The number of rotatable bonds is 3. The van der Waals surface area contributed by atoms with Crippen molar-refractivity contribution in [3.05, 3.63) is 107 Å². The second-order valence-electron chi connectivity index (χ2n) is 8.07. The first kappa shape index (κ1) is 20.2. The van der Waals surface area contributed by atoms with Gasteiger partial charge in [0.2, 0.25) is 0 Å². The summed E-state index contributed by atoms with van der Waals surface area (Å²) in [6.07, 6.45) is 6.24. The number of allylic oxidation sites excluding steroid dienone is 1. The Morgan fingerprint density at radius 3 is 2.38 bits per heavy atom. The molecule has 0 bridgehead atoms. The number of hydrogen-bond donors (Lipinski definition) is 0. The molecule has 6 heteroatoms. The molecule has 2 heterocycles. The molecule has 5 rings (SSSR count). The van der Waals surface area contributed by atoms with E-state index in [1.165, 1.54) is 29.3 Å². The van der Waals surface area contributed by atoms with Gasteiger partial charge in [-0.15, -0.1) is 0 Å². The topological polar surface area (TPSA) is 45.6 Å². The van der Waals surface area contributed by atoms with E-state index in [-0.39, 0.29) is 29.5 Å². The fraction of sp³-hybridized carbons (Fsp3) is 0.192. The Labute approximate surface area is 184 Å². The lowest BCUT2D eigenvalue weighted by molar-refractivity contribution is 0.0674. The van der Waals surface area contributed by atoms with Gasteiger partial charge in [-0.25, -0.2) is 13.8 Å². The molecule has 1 amide bonds. The van der Waals surface area contributed by atoms with Gasteiger partial charge in [0.05, 0.1) is 11.8 Å². The van der Waals surface area contributed by atoms with Crippen LogP contribution in [-0.4, -0.2) is 21.6 Å². The molecule has 2 unspecified atom stereocenters. The quantitative estimate of drug-likeness (QED) is 0.529. The smallest absolute Gasteiger partial charge is 0.265 e. The van der Waals surface area contributed by atoms with Crippen LogP contribution in [0.2, 0.25) is 0 Å². The van der Waals surface area contributed by atoms with Crippen molar-refractivity contribution in [2.24, 2.45) is 11.0 Å². The molecule has 0 radical (unpaired) electrons. The number of amides is 1. The average molecular weight is 429 g/mol. The van der Waals surface area contributed by atoms with Crippen LogP contribution in [0.25, 0.3) is 6.08 Å². The maximum Gasteiger partial charge on any atom is 0.293 e. The standard InChI is InChI=1S/C26H21F2N3O/c27-20-11-7-17(8-12-20)16-19-4-3-5-22-24(19)30-31(26(32)23-6-1-2-15-29-23)25(22)18-9-13-21(28)14-10-18/h1-2,6-16,22,25H,3-5H2/b19-16+. The molecule has 160 valence electrons. The zero-order valence-electron chi connectivity index (χ0n) is 17.3. The van der Waals surface area contributed by atoms with Gasteiger partial charge in [-0.3, -0.25) is 9.78 Å². The zero-order valence-corrected chi connectivity index (χ0v) is 17.3. The maximum atomic E-state index is 13.6. The average Bonchev–Trinajstić information content (AvgIpc) is 3.22. The third-order valence-corrected chi connectivity index (χ3v) is 6.02. The van der Waals surface area contributed by atoms with E-state index in [0.29, 0.717) is 5.69 Å². The molecule has 2 atom stereocenters. The molecule has 0 saturated heterocycles. The molecule has 1 aliphatic heterocycles. The third kappa shape index (κ3) is 3.84. The number of hydrazone groups is 1. The van der Waals surface area contributed by atoms with Crippen LogP contribution in [0.1, 0.15) is 46.9 Å². The molecular weight excluding hydrogens is 408 g/mol. The van der Waals surface area contributed by atoms with Crippen molar-refractivity contribution in [3.63, 3.8) is 0 Å². The van der Waals surface area contributed by atoms with Crippen LogP contribution in [0.15, 0.2) is 83.6 Å². The number of hydrogen-bond acceptors (Lipinski definition) is 3. The summed E-state index contributed by atoms with van der Waals surface area (Å²) < 4.78 is 26.9. The number of carbonyl (C=O) groups is 1. The van der Waals surface area contributed by atoms with Crippen LogP contribution in [0.3, 0.4) is 0 Å². The monoisotopic (exact) mass is 429 g/mol. The highest BCUT2D eigenvalue weighted by Crippen LogP contribution is 2.44. The summed E-state index contributed by atoms with van der Waals surface area (Å²) >= 11 is 0. The van der Waals surface area contributed by atoms with Crippen LogP contribution >= 0.6 is 0 Å². The molecule has 2 aliphatic rings. The number of fused-ring (bicyclic) bond motifs is 1. The zero-order chi connectivity index (χ0) is 22.1. The predicted molar refractivity (Wildman–Crippen MR) is 119 cm³/mol. The van der Waals surface area contributed by atoms with Crippen molar-refractivity contribution >= 4 is 17.7 Å². The van der Waals surface area contributed by atoms with E-state index < -0.39 is 0 Å². The van der Waals surface area contributed by atoms with Gasteiger partial charge in [-0.1, -0.05) is 30.3 Å². The minimum atomic E-state index is -0.336. The van der Waals surface area contributed by atoms with Crippen molar-refractivity contribution in [1.82, 2.24) is 9.99 Å². The van der Waals surface area contributed by atoms with Gasteiger partial charge in [-0.2, -0.15) is 5.10 Å². The summed E-state index contributed by atoms with van der Waals surface area (Å²) in [5, 5.41) is 6.29. The minimum absolute atomic E-state index is 0.00595. The SMILES string of the molecule is O=C(c1ccccn1)N1N=C2/C(=C/c3ccc(F)cc3)CCCC2C1c1ccc(F)cc1. The molecule has 1 aromatic heterocycles. The van der Waals surface area contributed by atoms with E-state index in [1.807, 2.05) is 6.08 Å². The van der Waals surface area contributed by atoms with E-state index in [4.69, 9.17) is 5.10 Å². The van der Waals surface area contributed by atoms with Crippen molar-refractivity contribution in [1.29, 1.82) is 0 Å². The Hall–Kier alpha value is -3.67. The Kier molecular flexibility index (Phi) is 5.35. The molecule has 4 nitrogen and oxygen atoms in total. The van der Waals surface area contributed by atoms with Gasteiger partial charge < -0.3 is 0 Å². The molecule has 2 aromatic carbocycles. The van der Waals surface area contributed by atoms with Gasteiger partial charge in [0, 0.05) is 12.1 Å². The van der Waals surface area contributed by atoms with Gasteiger partial charge in [0.25, 0.3) is 5.91 Å².